The van der Waals surface area contributed by atoms with Crippen LogP contribution in [0.2, 0.25) is 0 Å². The standard InChI is InChI=1S/C25H23O2S/c1-18-4-11-23(12-5-18)28(24-14-9-21(26-2)10-15-24)25-13-7-19-16-22(27-3)8-6-20(19)17-25/h4-17H,1-3H3/q+1. The summed E-state index contributed by atoms with van der Waals surface area (Å²) in [7, 11) is 3.22. The van der Waals surface area contributed by atoms with Crippen LogP contribution in [0.15, 0.2) is 99.6 Å². The van der Waals surface area contributed by atoms with Crippen LogP contribution in [0.1, 0.15) is 5.56 Å². The number of hydrogen-bond acceptors (Lipinski definition) is 2. The number of benzene rings is 4. The van der Waals surface area contributed by atoms with Crippen LogP contribution >= 0.6 is 0 Å². The Morgan fingerprint density at radius 2 is 1.04 bits per heavy atom. The summed E-state index contributed by atoms with van der Waals surface area (Å²) in [5.41, 5.74) is 1.27. The molecular weight excluding hydrogens is 364 g/mol. The zero-order valence-corrected chi connectivity index (χ0v) is 17.1. The van der Waals surface area contributed by atoms with Crippen molar-refractivity contribution in [2.75, 3.05) is 14.2 Å². The highest BCUT2D eigenvalue weighted by atomic mass is 32.2. The Morgan fingerprint density at radius 1 is 0.536 bits per heavy atom. The lowest BCUT2D eigenvalue weighted by Gasteiger charge is -2.10. The van der Waals surface area contributed by atoms with Crippen molar-refractivity contribution in [2.45, 2.75) is 21.6 Å². The van der Waals surface area contributed by atoms with Gasteiger partial charge in [0.25, 0.3) is 0 Å². The summed E-state index contributed by atoms with van der Waals surface area (Å²) in [5.74, 6) is 1.76. The van der Waals surface area contributed by atoms with Crippen molar-refractivity contribution in [3.8, 4) is 11.5 Å². The molecule has 0 bridgehead atoms. The Balaban J connectivity index is 1.84. The molecule has 4 aromatic carbocycles. The van der Waals surface area contributed by atoms with Crippen molar-refractivity contribution in [1.29, 1.82) is 0 Å². The summed E-state index contributed by atoms with van der Waals surface area (Å²) < 4.78 is 10.7. The molecule has 0 spiro atoms. The first-order valence-corrected chi connectivity index (χ1v) is 10.4. The van der Waals surface area contributed by atoms with Crippen molar-refractivity contribution >= 4 is 21.7 Å². The third-order valence-electron chi connectivity index (χ3n) is 4.81. The minimum Gasteiger partial charge on any atom is -0.497 e. The van der Waals surface area contributed by atoms with E-state index in [1.165, 1.54) is 31.0 Å². The normalized spacial score (nSPS) is 12.0. The lowest BCUT2D eigenvalue weighted by Crippen LogP contribution is -2.05. The van der Waals surface area contributed by atoms with E-state index in [0.717, 1.165) is 11.5 Å². The van der Waals surface area contributed by atoms with Crippen LogP contribution < -0.4 is 9.47 Å². The quantitative estimate of drug-likeness (QED) is 0.376. The first-order valence-electron chi connectivity index (χ1n) is 9.21. The molecule has 0 saturated heterocycles. The summed E-state index contributed by atoms with van der Waals surface area (Å²) in [6.07, 6.45) is 0. The first-order chi connectivity index (χ1) is 13.7. The molecule has 3 heteroatoms. The fraction of sp³-hybridized carbons (Fsp3) is 0.120. The van der Waals surface area contributed by atoms with Crippen LogP contribution in [0.5, 0.6) is 11.5 Å². The van der Waals surface area contributed by atoms with E-state index >= 15 is 0 Å². The molecule has 1 unspecified atom stereocenters. The average Bonchev–Trinajstić information content (AvgIpc) is 2.75. The molecule has 4 aromatic rings. The summed E-state index contributed by atoms with van der Waals surface area (Å²) in [4.78, 5) is 3.88. The number of ether oxygens (including phenoxy) is 2. The maximum atomic E-state index is 5.36. The number of methoxy groups -OCH3 is 2. The maximum Gasteiger partial charge on any atom is 0.167 e. The van der Waals surface area contributed by atoms with Crippen molar-refractivity contribution in [1.82, 2.24) is 0 Å². The van der Waals surface area contributed by atoms with E-state index < -0.39 is 0 Å². The summed E-state index contributed by atoms with van der Waals surface area (Å²) >= 11 is 0. The lowest BCUT2D eigenvalue weighted by atomic mass is 10.1. The second-order valence-corrected chi connectivity index (χ2v) is 8.70. The smallest absolute Gasteiger partial charge is 0.167 e. The number of rotatable bonds is 5. The Hall–Kier alpha value is -2.91. The van der Waals surface area contributed by atoms with Gasteiger partial charge in [-0.1, -0.05) is 23.8 Å². The van der Waals surface area contributed by atoms with E-state index in [1.807, 2.05) is 18.2 Å². The van der Waals surface area contributed by atoms with Gasteiger partial charge in [0.15, 0.2) is 14.7 Å². The SMILES string of the molecule is COc1ccc([S+](c2ccc(C)cc2)c2ccc3cc(OC)ccc3c2)cc1. The summed E-state index contributed by atoms with van der Waals surface area (Å²) in [5, 5.41) is 2.40. The highest BCUT2D eigenvalue weighted by Crippen LogP contribution is 2.34. The Kier molecular flexibility index (Phi) is 5.27. The molecule has 2 nitrogen and oxygen atoms in total. The highest BCUT2D eigenvalue weighted by molar-refractivity contribution is 7.97. The maximum absolute atomic E-state index is 5.36. The largest absolute Gasteiger partial charge is 0.497 e. The van der Waals surface area contributed by atoms with E-state index in [2.05, 4.69) is 73.7 Å². The summed E-state index contributed by atoms with van der Waals surface area (Å²) in [6, 6.07) is 30.2. The summed E-state index contributed by atoms with van der Waals surface area (Å²) in [6.45, 7) is 2.12. The molecule has 0 aliphatic rings. The van der Waals surface area contributed by atoms with Gasteiger partial charge in [-0.25, -0.2) is 0 Å². The molecule has 0 radical (unpaired) electrons. The Bertz CT molecular complexity index is 1090. The molecule has 1 atom stereocenters. The van der Waals surface area contributed by atoms with Crippen LogP contribution in [-0.4, -0.2) is 14.2 Å². The zero-order chi connectivity index (χ0) is 19.5. The van der Waals surface area contributed by atoms with Gasteiger partial charge in [0.1, 0.15) is 11.5 Å². The fourth-order valence-corrected chi connectivity index (χ4v) is 5.33. The molecule has 0 fully saturated rings. The van der Waals surface area contributed by atoms with Gasteiger partial charge in [-0.2, -0.15) is 0 Å². The monoisotopic (exact) mass is 387 g/mol. The van der Waals surface area contributed by atoms with E-state index in [-0.39, 0.29) is 10.9 Å². The van der Waals surface area contributed by atoms with Crippen LogP contribution in [0.3, 0.4) is 0 Å². The van der Waals surface area contributed by atoms with Gasteiger partial charge in [-0.15, -0.1) is 0 Å². The number of hydrogen-bond donors (Lipinski definition) is 0. The van der Waals surface area contributed by atoms with E-state index in [0.29, 0.717) is 0 Å². The Morgan fingerprint density at radius 3 is 1.68 bits per heavy atom. The molecule has 140 valence electrons. The van der Waals surface area contributed by atoms with Crippen LogP contribution in [-0.2, 0) is 10.9 Å². The average molecular weight is 388 g/mol. The molecule has 0 saturated carbocycles. The van der Waals surface area contributed by atoms with E-state index in [4.69, 9.17) is 9.47 Å². The highest BCUT2D eigenvalue weighted by Gasteiger charge is 2.29. The second-order valence-electron chi connectivity index (χ2n) is 6.67. The molecule has 0 N–H and O–H groups in total. The van der Waals surface area contributed by atoms with Gasteiger partial charge in [0.2, 0.25) is 0 Å². The van der Waals surface area contributed by atoms with Crippen molar-refractivity contribution < 1.29 is 9.47 Å². The molecule has 0 amide bonds. The fourth-order valence-electron chi connectivity index (χ4n) is 3.25. The second kappa shape index (κ2) is 7.99. The minimum atomic E-state index is -0.183. The van der Waals surface area contributed by atoms with Gasteiger partial charge < -0.3 is 9.47 Å². The van der Waals surface area contributed by atoms with Crippen LogP contribution in [0.4, 0.5) is 0 Å². The number of fused-ring (bicyclic) bond motifs is 1. The lowest BCUT2D eigenvalue weighted by molar-refractivity contribution is 0.414. The molecule has 0 aliphatic carbocycles. The van der Waals surface area contributed by atoms with Crippen molar-refractivity contribution in [3.63, 3.8) is 0 Å². The van der Waals surface area contributed by atoms with Gasteiger partial charge in [-0.05, 0) is 78.4 Å². The predicted octanol–water partition coefficient (Wildman–Crippen LogP) is 6.26. The van der Waals surface area contributed by atoms with Gasteiger partial charge in [0, 0.05) is 6.07 Å². The molecule has 0 aliphatic heterocycles. The van der Waals surface area contributed by atoms with E-state index in [9.17, 15) is 0 Å². The molecule has 4 rings (SSSR count). The van der Waals surface area contributed by atoms with E-state index in [1.54, 1.807) is 14.2 Å². The van der Waals surface area contributed by atoms with Gasteiger partial charge >= 0.3 is 0 Å². The van der Waals surface area contributed by atoms with Crippen molar-refractivity contribution in [2.24, 2.45) is 0 Å². The molecule has 0 heterocycles. The topological polar surface area (TPSA) is 18.5 Å². The van der Waals surface area contributed by atoms with Gasteiger partial charge in [-0.3, -0.25) is 0 Å². The minimum absolute atomic E-state index is 0.183. The van der Waals surface area contributed by atoms with Crippen LogP contribution in [0.25, 0.3) is 10.8 Å². The van der Waals surface area contributed by atoms with Crippen molar-refractivity contribution in [3.05, 3.63) is 90.5 Å². The first kappa shape index (κ1) is 18.5. The third-order valence-corrected chi connectivity index (χ3v) is 7.02. The molecular formula is C25H23O2S+. The Labute approximate surface area is 169 Å². The number of aryl methyl sites for hydroxylation is 1. The predicted molar refractivity (Wildman–Crippen MR) is 117 cm³/mol. The zero-order valence-electron chi connectivity index (χ0n) is 16.3. The third kappa shape index (κ3) is 3.71. The molecule has 0 aromatic heterocycles. The van der Waals surface area contributed by atoms with Crippen LogP contribution in [0, 0.1) is 6.92 Å². The van der Waals surface area contributed by atoms with Gasteiger partial charge in [0.05, 0.1) is 25.1 Å². The molecule has 28 heavy (non-hydrogen) atoms.